The van der Waals surface area contributed by atoms with Crippen LogP contribution in [0.5, 0.6) is 0 Å². The van der Waals surface area contributed by atoms with Crippen LogP contribution < -0.4 is 0 Å². The first-order valence-corrected chi connectivity index (χ1v) is 13.6. The molecule has 0 unspecified atom stereocenters. The van der Waals surface area contributed by atoms with Gasteiger partial charge in [-0.3, -0.25) is 9.32 Å². The molecule has 31 heavy (non-hydrogen) atoms. The van der Waals surface area contributed by atoms with Crippen LogP contribution in [0.15, 0.2) is 12.2 Å². The Bertz CT molecular complexity index is 490. The summed E-state index contributed by atoms with van der Waals surface area (Å²) in [5.41, 5.74) is 0. The van der Waals surface area contributed by atoms with Crippen molar-refractivity contribution in [1.82, 2.24) is 0 Å². The molecule has 184 valence electrons. The number of unbranched alkanes of at least 4 members (excludes halogenated alkanes) is 13. The zero-order valence-corrected chi connectivity index (χ0v) is 20.3. The van der Waals surface area contributed by atoms with Crippen LogP contribution in [0.1, 0.15) is 110 Å². The van der Waals surface area contributed by atoms with E-state index in [9.17, 15) is 14.5 Å². The first-order chi connectivity index (χ1) is 14.8. The van der Waals surface area contributed by atoms with Crippen LogP contribution >= 0.6 is 7.82 Å². The van der Waals surface area contributed by atoms with Crippen molar-refractivity contribution in [2.45, 2.75) is 116 Å². The summed E-state index contributed by atoms with van der Waals surface area (Å²) in [6.45, 7) is 1.35. The van der Waals surface area contributed by atoms with Gasteiger partial charge in [0.15, 0.2) is 0 Å². The van der Waals surface area contributed by atoms with Gasteiger partial charge in [0.05, 0.1) is 6.61 Å². The van der Waals surface area contributed by atoms with Gasteiger partial charge in [-0.15, -0.1) is 0 Å². The van der Waals surface area contributed by atoms with Crippen LogP contribution in [0.2, 0.25) is 0 Å². The highest BCUT2D eigenvalue weighted by Crippen LogP contribution is 2.35. The summed E-state index contributed by atoms with van der Waals surface area (Å²) < 4.78 is 19.5. The zero-order valence-electron chi connectivity index (χ0n) is 19.4. The highest BCUT2D eigenvalue weighted by Gasteiger charge is 2.17. The first kappa shape index (κ1) is 30.3. The molecular weight excluding hydrogens is 419 g/mol. The van der Waals surface area contributed by atoms with E-state index < -0.39 is 26.5 Å². The molecule has 0 amide bonds. The van der Waals surface area contributed by atoms with Crippen molar-refractivity contribution in [1.29, 1.82) is 0 Å². The van der Waals surface area contributed by atoms with Crippen LogP contribution in [0.25, 0.3) is 0 Å². The fraction of sp³-hybridized carbons (Fsp3) is 0.870. The maximum Gasteiger partial charge on any atom is 0.469 e. The number of aliphatic hydroxyl groups is 1. The lowest BCUT2D eigenvalue weighted by atomic mass is 10.1. The fourth-order valence-corrected chi connectivity index (χ4v) is 3.55. The van der Waals surface area contributed by atoms with Crippen LogP contribution in [0, 0.1) is 0 Å². The molecule has 0 fully saturated rings. The van der Waals surface area contributed by atoms with Gasteiger partial charge in [-0.2, -0.15) is 0 Å². The largest absolute Gasteiger partial charge is 0.469 e. The second-order valence-corrected chi connectivity index (χ2v) is 9.40. The maximum absolute atomic E-state index is 11.6. The van der Waals surface area contributed by atoms with Gasteiger partial charge in [0.25, 0.3) is 0 Å². The summed E-state index contributed by atoms with van der Waals surface area (Å²) in [7, 11) is -4.62. The summed E-state index contributed by atoms with van der Waals surface area (Å²) in [5.74, 6) is -0.414. The summed E-state index contributed by atoms with van der Waals surface area (Å²) in [6.07, 6.45) is 21.9. The molecule has 0 saturated heterocycles. The maximum atomic E-state index is 11.6. The van der Waals surface area contributed by atoms with Crippen molar-refractivity contribution < 1.29 is 33.5 Å². The van der Waals surface area contributed by atoms with E-state index in [0.29, 0.717) is 0 Å². The molecule has 0 saturated carbocycles. The second-order valence-electron chi connectivity index (χ2n) is 8.16. The molecule has 0 heterocycles. The van der Waals surface area contributed by atoms with Crippen LogP contribution in [0.3, 0.4) is 0 Å². The third-order valence-corrected chi connectivity index (χ3v) is 5.50. The molecule has 0 rings (SSSR count). The van der Waals surface area contributed by atoms with Crippen molar-refractivity contribution in [3.63, 3.8) is 0 Å². The number of aliphatic hydroxyl groups excluding tert-OH is 1. The Hall–Kier alpha value is -0.720. The van der Waals surface area contributed by atoms with Gasteiger partial charge in [0.1, 0.15) is 12.7 Å². The molecule has 0 aliphatic carbocycles. The molecule has 1 atom stereocenters. The molecule has 0 aromatic rings. The van der Waals surface area contributed by atoms with Crippen molar-refractivity contribution in [3.05, 3.63) is 12.2 Å². The molecule has 3 N–H and O–H groups in total. The molecule has 0 spiro atoms. The summed E-state index contributed by atoms with van der Waals surface area (Å²) in [6, 6.07) is 0. The van der Waals surface area contributed by atoms with Gasteiger partial charge >= 0.3 is 13.8 Å². The standard InChI is InChI=1S/C23H45O7P/c1-2-3-4-5-6-7-8-9-10-11-12-13-14-15-16-17-18-19-23(25)29-20-22(24)21-30-31(26,27)28/h9-10,22,24H,2-8,11-21H2,1H3,(H2,26,27,28)/b10-9-/t22-/m1/s1. The van der Waals surface area contributed by atoms with E-state index in [1.807, 2.05) is 0 Å². The van der Waals surface area contributed by atoms with Gasteiger partial charge in [0.2, 0.25) is 0 Å². The van der Waals surface area contributed by atoms with E-state index in [0.717, 1.165) is 19.3 Å². The van der Waals surface area contributed by atoms with Gasteiger partial charge in [-0.1, -0.05) is 83.3 Å². The van der Waals surface area contributed by atoms with Crippen molar-refractivity contribution in [3.8, 4) is 0 Å². The molecule has 7 nitrogen and oxygen atoms in total. The number of phosphoric ester groups is 1. The lowest BCUT2D eigenvalue weighted by molar-refractivity contribution is -0.147. The number of hydrogen-bond donors (Lipinski definition) is 3. The minimum Gasteiger partial charge on any atom is -0.463 e. The molecule has 8 heteroatoms. The van der Waals surface area contributed by atoms with Crippen molar-refractivity contribution >= 4 is 13.8 Å². The van der Waals surface area contributed by atoms with Gasteiger partial charge < -0.3 is 19.6 Å². The Morgan fingerprint density at radius 2 is 1.29 bits per heavy atom. The SMILES string of the molecule is CCCCCCCC/C=C\CCCCCCCCCC(=O)OC[C@@H](O)COP(=O)(O)O. The number of esters is 1. The third kappa shape index (κ3) is 25.4. The summed E-state index contributed by atoms with van der Waals surface area (Å²) in [4.78, 5) is 28.6. The molecule has 0 radical (unpaired) electrons. The number of carbonyl (C=O) groups is 1. The van der Waals surface area contributed by atoms with E-state index >= 15 is 0 Å². The third-order valence-electron chi connectivity index (χ3n) is 5.01. The van der Waals surface area contributed by atoms with E-state index in [1.165, 1.54) is 77.0 Å². The Labute approximate surface area is 188 Å². The highest BCUT2D eigenvalue weighted by atomic mass is 31.2. The number of rotatable bonds is 22. The molecule has 0 aromatic carbocycles. The first-order valence-electron chi connectivity index (χ1n) is 12.0. The van der Waals surface area contributed by atoms with Gasteiger partial charge in [-0.05, 0) is 32.1 Å². The predicted molar refractivity (Wildman–Crippen MR) is 124 cm³/mol. The predicted octanol–water partition coefficient (Wildman–Crippen LogP) is 5.82. The van der Waals surface area contributed by atoms with E-state index in [-0.39, 0.29) is 13.0 Å². The zero-order chi connectivity index (χ0) is 23.2. The Morgan fingerprint density at radius 3 is 1.81 bits per heavy atom. The van der Waals surface area contributed by atoms with Crippen LogP contribution in [0.4, 0.5) is 0 Å². The molecule has 0 aliphatic heterocycles. The monoisotopic (exact) mass is 464 g/mol. The number of hydrogen-bond acceptors (Lipinski definition) is 5. The smallest absolute Gasteiger partial charge is 0.463 e. The van der Waals surface area contributed by atoms with Crippen molar-refractivity contribution in [2.24, 2.45) is 0 Å². The lowest BCUT2D eigenvalue weighted by Crippen LogP contribution is -2.23. The van der Waals surface area contributed by atoms with Crippen molar-refractivity contribution in [2.75, 3.05) is 13.2 Å². The Morgan fingerprint density at radius 1 is 0.806 bits per heavy atom. The average Bonchev–Trinajstić information content (AvgIpc) is 2.72. The normalized spacial score (nSPS) is 13.0. The number of ether oxygens (including phenoxy) is 1. The number of carbonyl (C=O) groups excluding carboxylic acids is 1. The van der Waals surface area contributed by atoms with Crippen LogP contribution in [-0.4, -0.2) is 40.2 Å². The molecular formula is C23H45O7P. The van der Waals surface area contributed by atoms with E-state index in [1.54, 1.807) is 0 Å². The second kappa shape index (κ2) is 21.1. The minimum absolute atomic E-state index is 0.287. The van der Waals surface area contributed by atoms with E-state index in [2.05, 4.69) is 23.6 Å². The number of phosphoric acid groups is 1. The summed E-state index contributed by atoms with van der Waals surface area (Å²) in [5, 5.41) is 9.43. The molecule has 0 aliphatic rings. The van der Waals surface area contributed by atoms with Gasteiger partial charge in [-0.25, -0.2) is 4.57 Å². The molecule has 0 bridgehead atoms. The topological polar surface area (TPSA) is 113 Å². The average molecular weight is 465 g/mol. The van der Waals surface area contributed by atoms with Crippen LogP contribution in [-0.2, 0) is 18.6 Å². The Balaban J connectivity index is 3.34. The Kier molecular flexibility index (Phi) is 20.7. The minimum atomic E-state index is -4.62. The highest BCUT2D eigenvalue weighted by molar-refractivity contribution is 7.46. The van der Waals surface area contributed by atoms with Gasteiger partial charge in [0, 0.05) is 6.42 Å². The fourth-order valence-electron chi connectivity index (χ4n) is 3.19. The number of allylic oxidation sites excluding steroid dienone is 2. The summed E-state index contributed by atoms with van der Waals surface area (Å²) >= 11 is 0. The lowest BCUT2D eigenvalue weighted by Gasteiger charge is -2.12. The molecule has 0 aromatic heterocycles. The van der Waals surface area contributed by atoms with E-state index in [4.69, 9.17) is 14.5 Å². The quantitative estimate of drug-likeness (QED) is 0.0801.